The van der Waals surface area contributed by atoms with Crippen LogP contribution in [0.4, 0.5) is 13.2 Å². The van der Waals surface area contributed by atoms with E-state index in [4.69, 9.17) is 0 Å². The molecule has 2 atom stereocenters. The highest BCUT2D eigenvalue weighted by Crippen LogP contribution is 2.38. The maximum absolute atomic E-state index is 13.7. The highest BCUT2D eigenvalue weighted by atomic mass is 32.1. The summed E-state index contributed by atoms with van der Waals surface area (Å²) in [5.41, 5.74) is 1.99. The van der Waals surface area contributed by atoms with E-state index < -0.39 is 23.6 Å². The van der Waals surface area contributed by atoms with Crippen molar-refractivity contribution in [3.05, 3.63) is 93.2 Å². The Labute approximate surface area is 199 Å². The summed E-state index contributed by atoms with van der Waals surface area (Å²) in [6.07, 6.45) is -3.74. The van der Waals surface area contributed by atoms with Crippen LogP contribution >= 0.6 is 11.3 Å². The fourth-order valence-electron chi connectivity index (χ4n) is 4.98. The zero-order valence-electron chi connectivity index (χ0n) is 18.3. The lowest BCUT2D eigenvalue weighted by Gasteiger charge is -2.32. The summed E-state index contributed by atoms with van der Waals surface area (Å²) < 4.78 is 40.2. The van der Waals surface area contributed by atoms with Gasteiger partial charge in [-0.05, 0) is 40.6 Å². The third-order valence-corrected chi connectivity index (χ3v) is 7.60. The van der Waals surface area contributed by atoms with E-state index >= 15 is 0 Å². The van der Waals surface area contributed by atoms with Gasteiger partial charge < -0.3 is 9.80 Å². The van der Waals surface area contributed by atoms with Crippen molar-refractivity contribution in [2.24, 2.45) is 5.92 Å². The van der Waals surface area contributed by atoms with Crippen molar-refractivity contribution < 1.29 is 22.8 Å². The molecular formula is C26H23F3N2O2S. The number of likely N-dealkylation sites (tertiary alicyclic amines) is 1. The van der Waals surface area contributed by atoms with Gasteiger partial charge in [0.2, 0.25) is 5.91 Å². The number of amides is 2. The Morgan fingerprint density at radius 2 is 1.71 bits per heavy atom. The largest absolute Gasteiger partial charge is 0.416 e. The predicted molar refractivity (Wildman–Crippen MR) is 123 cm³/mol. The molecule has 0 spiro atoms. The summed E-state index contributed by atoms with van der Waals surface area (Å²) in [5, 5.41) is 1.81. The van der Waals surface area contributed by atoms with Crippen molar-refractivity contribution in [1.29, 1.82) is 0 Å². The minimum Gasteiger partial charge on any atom is -0.338 e. The van der Waals surface area contributed by atoms with Gasteiger partial charge in [0.25, 0.3) is 5.91 Å². The highest BCUT2D eigenvalue weighted by Gasteiger charge is 2.43. The summed E-state index contributed by atoms with van der Waals surface area (Å²) in [5.74, 6) is -1.40. The molecule has 5 rings (SSSR count). The lowest BCUT2D eigenvalue weighted by Crippen LogP contribution is -2.42. The van der Waals surface area contributed by atoms with Crippen LogP contribution < -0.4 is 0 Å². The number of nitrogens with zero attached hydrogens (tertiary/aromatic N) is 2. The number of carbonyl (C=O) groups is 2. The molecule has 2 unspecified atom stereocenters. The van der Waals surface area contributed by atoms with Crippen LogP contribution in [0.1, 0.15) is 37.8 Å². The zero-order valence-corrected chi connectivity index (χ0v) is 19.1. The molecule has 4 nitrogen and oxygen atoms in total. The molecule has 2 amide bonds. The number of alkyl halides is 3. The second-order valence-corrected chi connectivity index (χ2v) is 9.75. The van der Waals surface area contributed by atoms with Crippen LogP contribution in [0.2, 0.25) is 0 Å². The Morgan fingerprint density at radius 1 is 0.912 bits per heavy atom. The highest BCUT2D eigenvalue weighted by molar-refractivity contribution is 7.12. The van der Waals surface area contributed by atoms with E-state index in [-0.39, 0.29) is 24.9 Å². The minimum atomic E-state index is -4.48. The summed E-state index contributed by atoms with van der Waals surface area (Å²) in [7, 11) is 0. The van der Waals surface area contributed by atoms with Gasteiger partial charge in [-0.25, -0.2) is 0 Å². The van der Waals surface area contributed by atoms with Gasteiger partial charge in [0.1, 0.15) is 0 Å². The monoisotopic (exact) mass is 484 g/mol. The van der Waals surface area contributed by atoms with Crippen LogP contribution in [0.3, 0.4) is 0 Å². The SMILES string of the molecule is O=C(c1cccs1)N1CC(C(=O)N2CCc3ccccc3C2)C(c2cccc(C(F)(F)F)c2)C1. The third-order valence-electron chi connectivity index (χ3n) is 6.74. The quantitative estimate of drug-likeness (QED) is 0.512. The number of hydrogen-bond acceptors (Lipinski definition) is 3. The number of hydrogen-bond donors (Lipinski definition) is 0. The Kier molecular flexibility index (Phi) is 5.93. The molecule has 3 heterocycles. The number of fused-ring (bicyclic) bond motifs is 1. The molecular weight excluding hydrogens is 461 g/mol. The predicted octanol–water partition coefficient (Wildman–Crippen LogP) is 5.21. The Balaban J connectivity index is 1.45. The Hall–Kier alpha value is -3.13. The van der Waals surface area contributed by atoms with Crippen LogP contribution in [-0.2, 0) is 23.9 Å². The molecule has 1 aromatic heterocycles. The molecule has 3 aromatic rings. The van der Waals surface area contributed by atoms with Gasteiger partial charge >= 0.3 is 6.18 Å². The summed E-state index contributed by atoms with van der Waals surface area (Å²) in [4.78, 5) is 30.7. The number of rotatable bonds is 3. The van der Waals surface area contributed by atoms with E-state index in [2.05, 4.69) is 6.07 Å². The van der Waals surface area contributed by atoms with Crippen molar-refractivity contribution in [2.75, 3.05) is 19.6 Å². The normalized spacial score (nSPS) is 20.3. The molecule has 2 aliphatic heterocycles. The maximum Gasteiger partial charge on any atom is 0.416 e. The first kappa shape index (κ1) is 22.7. The van der Waals surface area contributed by atoms with Gasteiger partial charge in [-0.2, -0.15) is 13.2 Å². The summed E-state index contributed by atoms with van der Waals surface area (Å²) >= 11 is 1.32. The van der Waals surface area contributed by atoms with Crippen LogP contribution in [0.15, 0.2) is 66.0 Å². The zero-order chi connectivity index (χ0) is 23.9. The number of halogens is 3. The van der Waals surface area contributed by atoms with Gasteiger partial charge in [0.05, 0.1) is 16.4 Å². The molecule has 0 saturated carbocycles. The van der Waals surface area contributed by atoms with E-state index in [9.17, 15) is 22.8 Å². The average Bonchev–Trinajstić information content (AvgIpc) is 3.53. The van der Waals surface area contributed by atoms with Gasteiger partial charge in [-0.15, -0.1) is 11.3 Å². The lowest BCUT2D eigenvalue weighted by molar-refractivity contribution is -0.137. The first-order chi connectivity index (χ1) is 16.3. The molecule has 0 radical (unpaired) electrons. The Bertz CT molecular complexity index is 1210. The molecule has 8 heteroatoms. The smallest absolute Gasteiger partial charge is 0.338 e. The van der Waals surface area contributed by atoms with E-state index in [1.165, 1.54) is 23.0 Å². The van der Waals surface area contributed by atoms with Crippen LogP contribution in [0.5, 0.6) is 0 Å². The van der Waals surface area contributed by atoms with Crippen LogP contribution in [0, 0.1) is 5.92 Å². The standard InChI is InChI=1S/C26H23F3N2O2S/c27-26(28,29)20-8-3-7-18(13-20)21-15-31(25(33)23-9-4-12-34-23)16-22(21)24(32)30-11-10-17-5-1-2-6-19(17)14-30/h1-9,12-13,21-22H,10-11,14-16H2. The number of benzene rings is 2. The van der Waals surface area contributed by atoms with Crippen molar-refractivity contribution in [1.82, 2.24) is 9.80 Å². The average molecular weight is 485 g/mol. The lowest BCUT2D eigenvalue weighted by atomic mass is 9.86. The number of carbonyl (C=O) groups excluding carboxylic acids is 2. The van der Waals surface area contributed by atoms with Crippen LogP contribution in [-0.4, -0.2) is 41.2 Å². The topological polar surface area (TPSA) is 40.6 Å². The fraction of sp³-hybridized carbons (Fsp3) is 0.308. The second kappa shape index (κ2) is 8.91. The van der Waals surface area contributed by atoms with Crippen molar-refractivity contribution in [3.8, 4) is 0 Å². The minimum absolute atomic E-state index is 0.113. The van der Waals surface area contributed by atoms with Crippen molar-refractivity contribution in [3.63, 3.8) is 0 Å². The molecule has 176 valence electrons. The van der Waals surface area contributed by atoms with Gasteiger partial charge in [-0.1, -0.05) is 48.5 Å². The second-order valence-electron chi connectivity index (χ2n) is 8.80. The van der Waals surface area contributed by atoms with E-state index in [1.807, 2.05) is 18.2 Å². The van der Waals surface area contributed by atoms with Gasteiger partial charge in [-0.3, -0.25) is 9.59 Å². The van der Waals surface area contributed by atoms with Crippen molar-refractivity contribution in [2.45, 2.75) is 25.1 Å². The van der Waals surface area contributed by atoms with Crippen molar-refractivity contribution >= 4 is 23.2 Å². The fourth-order valence-corrected chi connectivity index (χ4v) is 5.67. The van der Waals surface area contributed by atoms with Crippen LogP contribution in [0.25, 0.3) is 0 Å². The molecule has 1 fully saturated rings. The number of thiophene rings is 1. The molecule has 2 aromatic carbocycles. The molecule has 0 bridgehead atoms. The molecule has 2 aliphatic rings. The van der Waals surface area contributed by atoms with E-state index in [0.29, 0.717) is 23.5 Å². The van der Waals surface area contributed by atoms with E-state index in [1.54, 1.807) is 33.4 Å². The first-order valence-corrected chi connectivity index (χ1v) is 12.0. The summed E-state index contributed by atoms with van der Waals surface area (Å²) in [6, 6.07) is 16.6. The molecule has 0 N–H and O–H groups in total. The molecule has 1 saturated heterocycles. The van der Waals surface area contributed by atoms with Gasteiger partial charge in [0, 0.05) is 32.1 Å². The third kappa shape index (κ3) is 4.34. The maximum atomic E-state index is 13.7. The summed E-state index contributed by atoms with van der Waals surface area (Å²) in [6.45, 7) is 1.42. The molecule has 34 heavy (non-hydrogen) atoms. The van der Waals surface area contributed by atoms with E-state index in [0.717, 1.165) is 24.1 Å². The van der Waals surface area contributed by atoms with Gasteiger partial charge in [0.15, 0.2) is 0 Å². The first-order valence-electron chi connectivity index (χ1n) is 11.2. The Morgan fingerprint density at radius 3 is 2.44 bits per heavy atom. The molecule has 0 aliphatic carbocycles.